The van der Waals surface area contributed by atoms with Crippen LogP contribution in [0.2, 0.25) is 5.02 Å². The van der Waals surface area contributed by atoms with E-state index in [0.717, 1.165) is 11.1 Å². The largest absolute Gasteiger partial charge is 0.435 e. The Kier molecular flexibility index (Phi) is 3.16. The second kappa shape index (κ2) is 4.98. The molecule has 0 unspecified atom stereocenters. The van der Waals surface area contributed by atoms with Gasteiger partial charge >= 0.3 is 0 Å². The van der Waals surface area contributed by atoms with Gasteiger partial charge in [-0.15, -0.1) is 0 Å². The maximum Gasteiger partial charge on any atom is 0.242 e. The van der Waals surface area contributed by atoms with Crippen LogP contribution < -0.4 is 10.5 Å². The molecule has 0 radical (unpaired) electrons. The summed E-state index contributed by atoms with van der Waals surface area (Å²) in [4.78, 5) is 8.60. The Hall–Kier alpha value is -2.33. The summed E-state index contributed by atoms with van der Waals surface area (Å²) in [5, 5.41) is 1.46. The minimum absolute atomic E-state index is 0.374. The highest BCUT2D eigenvalue weighted by Gasteiger charge is 2.10. The van der Waals surface area contributed by atoms with E-state index in [4.69, 9.17) is 22.1 Å². The molecule has 0 aliphatic carbocycles. The van der Waals surface area contributed by atoms with Crippen LogP contribution in [0.5, 0.6) is 11.6 Å². The maximum absolute atomic E-state index is 6.15. The Morgan fingerprint density at radius 2 is 2.00 bits per heavy atom. The molecule has 0 bridgehead atoms. The fourth-order valence-electron chi connectivity index (χ4n) is 1.92. The van der Waals surface area contributed by atoms with Crippen molar-refractivity contribution < 1.29 is 4.74 Å². The highest BCUT2D eigenvalue weighted by atomic mass is 35.5. The summed E-state index contributed by atoms with van der Waals surface area (Å²) in [6, 6.07) is 10.9. The van der Waals surface area contributed by atoms with Crippen LogP contribution in [0.15, 0.2) is 42.6 Å². The second-order valence-corrected chi connectivity index (χ2v) is 4.80. The molecule has 0 atom stereocenters. The van der Waals surface area contributed by atoms with E-state index in [0.29, 0.717) is 27.9 Å². The van der Waals surface area contributed by atoms with Crippen molar-refractivity contribution in [2.45, 2.75) is 6.92 Å². The number of hydrogen-bond donors (Lipinski definition) is 1. The van der Waals surface area contributed by atoms with Gasteiger partial charge in [0.15, 0.2) is 5.75 Å². The standard InChI is InChI=1S/C15H12ClN3O/c1-9-4-6-12(17)15(19-9)20-13-7-5-11(16)10-3-2-8-18-14(10)13/h2-8H,17H2,1H3. The highest BCUT2D eigenvalue weighted by molar-refractivity contribution is 6.35. The Bertz CT molecular complexity index is 789. The van der Waals surface area contributed by atoms with Crippen molar-refractivity contribution in [2.75, 3.05) is 5.73 Å². The quantitative estimate of drug-likeness (QED) is 0.774. The van der Waals surface area contributed by atoms with Crippen molar-refractivity contribution in [3.63, 3.8) is 0 Å². The number of pyridine rings is 2. The van der Waals surface area contributed by atoms with E-state index in [2.05, 4.69) is 9.97 Å². The predicted octanol–water partition coefficient (Wildman–Crippen LogP) is 3.97. The van der Waals surface area contributed by atoms with Gasteiger partial charge in [0, 0.05) is 17.3 Å². The highest BCUT2D eigenvalue weighted by Crippen LogP contribution is 2.33. The Balaban J connectivity index is 2.11. The van der Waals surface area contributed by atoms with Gasteiger partial charge in [0.1, 0.15) is 5.52 Å². The van der Waals surface area contributed by atoms with E-state index in [-0.39, 0.29) is 0 Å². The predicted molar refractivity (Wildman–Crippen MR) is 80.2 cm³/mol. The fourth-order valence-corrected chi connectivity index (χ4v) is 2.14. The van der Waals surface area contributed by atoms with Crippen LogP contribution in [0.25, 0.3) is 10.9 Å². The van der Waals surface area contributed by atoms with Gasteiger partial charge in [0.05, 0.1) is 10.7 Å². The Morgan fingerprint density at radius 3 is 2.85 bits per heavy atom. The first kappa shape index (κ1) is 12.7. The summed E-state index contributed by atoms with van der Waals surface area (Å²) < 4.78 is 5.80. The molecule has 2 heterocycles. The number of anilines is 1. The number of benzene rings is 1. The molecule has 0 aliphatic rings. The van der Waals surface area contributed by atoms with Crippen LogP contribution in [0.3, 0.4) is 0 Å². The van der Waals surface area contributed by atoms with Crippen molar-refractivity contribution in [1.29, 1.82) is 0 Å². The van der Waals surface area contributed by atoms with E-state index < -0.39 is 0 Å². The van der Waals surface area contributed by atoms with Gasteiger partial charge in [-0.1, -0.05) is 11.6 Å². The Morgan fingerprint density at radius 1 is 1.15 bits per heavy atom. The van der Waals surface area contributed by atoms with Crippen LogP contribution in [-0.2, 0) is 0 Å². The van der Waals surface area contributed by atoms with Crippen molar-refractivity contribution in [3.8, 4) is 11.6 Å². The second-order valence-electron chi connectivity index (χ2n) is 4.39. The van der Waals surface area contributed by atoms with Gasteiger partial charge in [-0.05, 0) is 43.3 Å². The summed E-state index contributed by atoms with van der Waals surface area (Å²) in [7, 11) is 0. The minimum Gasteiger partial charge on any atom is -0.435 e. The summed E-state index contributed by atoms with van der Waals surface area (Å²) in [5.74, 6) is 0.953. The number of nitrogens with zero attached hydrogens (tertiary/aromatic N) is 2. The summed E-state index contributed by atoms with van der Waals surface area (Å²) in [6.07, 6.45) is 1.69. The number of fused-ring (bicyclic) bond motifs is 1. The number of rotatable bonds is 2. The molecular formula is C15H12ClN3O. The van der Waals surface area contributed by atoms with Crippen molar-refractivity contribution in [3.05, 3.63) is 53.3 Å². The number of hydrogen-bond acceptors (Lipinski definition) is 4. The fraction of sp³-hybridized carbons (Fsp3) is 0.0667. The lowest BCUT2D eigenvalue weighted by Gasteiger charge is -2.10. The first-order chi connectivity index (χ1) is 9.65. The normalized spacial score (nSPS) is 10.7. The summed E-state index contributed by atoms with van der Waals surface area (Å²) >= 11 is 6.15. The summed E-state index contributed by atoms with van der Waals surface area (Å²) in [6.45, 7) is 1.88. The first-order valence-electron chi connectivity index (χ1n) is 6.09. The topological polar surface area (TPSA) is 61.0 Å². The van der Waals surface area contributed by atoms with E-state index in [1.807, 2.05) is 25.1 Å². The van der Waals surface area contributed by atoms with Crippen molar-refractivity contribution in [1.82, 2.24) is 9.97 Å². The monoisotopic (exact) mass is 285 g/mol. The van der Waals surface area contributed by atoms with E-state index >= 15 is 0 Å². The average molecular weight is 286 g/mol. The lowest BCUT2D eigenvalue weighted by atomic mass is 10.2. The molecule has 100 valence electrons. The molecule has 0 aliphatic heterocycles. The zero-order valence-corrected chi connectivity index (χ0v) is 11.6. The van der Waals surface area contributed by atoms with Gasteiger partial charge < -0.3 is 10.5 Å². The van der Waals surface area contributed by atoms with Gasteiger partial charge in [0.25, 0.3) is 0 Å². The average Bonchev–Trinajstić information content (AvgIpc) is 2.46. The van der Waals surface area contributed by atoms with Crippen LogP contribution in [0.4, 0.5) is 5.69 Å². The molecular weight excluding hydrogens is 274 g/mol. The molecule has 0 spiro atoms. The molecule has 2 aromatic heterocycles. The molecule has 2 N–H and O–H groups in total. The number of nitrogen functional groups attached to an aromatic ring is 1. The molecule has 1 aromatic carbocycles. The lowest BCUT2D eigenvalue weighted by molar-refractivity contribution is 0.468. The van der Waals surface area contributed by atoms with Crippen molar-refractivity contribution >= 4 is 28.2 Å². The smallest absolute Gasteiger partial charge is 0.242 e. The molecule has 0 saturated heterocycles. The number of ether oxygens (including phenoxy) is 1. The molecule has 0 saturated carbocycles. The molecule has 0 amide bonds. The molecule has 3 rings (SSSR count). The molecule has 4 nitrogen and oxygen atoms in total. The van der Waals surface area contributed by atoms with Gasteiger partial charge in [0.2, 0.25) is 5.88 Å². The van der Waals surface area contributed by atoms with E-state index in [1.54, 1.807) is 24.4 Å². The first-order valence-corrected chi connectivity index (χ1v) is 6.47. The number of aryl methyl sites for hydroxylation is 1. The molecule has 3 aromatic rings. The van der Waals surface area contributed by atoms with Crippen LogP contribution in [0, 0.1) is 6.92 Å². The molecule has 0 fully saturated rings. The Labute approximate surface area is 121 Å². The minimum atomic E-state index is 0.374. The maximum atomic E-state index is 6.15. The number of nitrogens with two attached hydrogens (primary N) is 1. The molecule has 20 heavy (non-hydrogen) atoms. The van der Waals surface area contributed by atoms with Gasteiger partial charge in [-0.25, -0.2) is 4.98 Å². The van der Waals surface area contributed by atoms with Crippen LogP contribution >= 0.6 is 11.6 Å². The number of halogens is 1. The SMILES string of the molecule is Cc1ccc(N)c(Oc2ccc(Cl)c3cccnc23)n1. The zero-order valence-electron chi connectivity index (χ0n) is 10.8. The zero-order chi connectivity index (χ0) is 14.1. The van der Waals surface area contributed by atoms with Gasteiger partial charge in [-0.2, -0.15) is 0 Å². The van der Waals surface area contributed by atoms with Crippen LogP contribution in [0.1, 0.15) is 5.69 Å². The third-order valence-corrected chi connectivity index (χ3v) is 3.24. The molecule has 5 heteroatoms. The van der Waals surface area contributed by atoms with Crippen molar-refractivity contribution in [2.24, 2.45) is 0 Å². The lowest BCUT2D eigenvalue weighted by Crippen LogP contribution is -1.97. The van der Waals surface area contributed by atoms with Gasteiger partial charge in [-0.3, -0.25) is 4.98 Å². The van der Waals surface area contributed by atoms with Crippen LogP contribution in [-0.4, -0.2) is 9.97 Å². The summed E-state index contributed by atoms with van der Waals surface area (Å²) in [5.41, 5.74) is 7.88. The van der Waals surface area contributed by atoms with E-state index in [9.17, 15) is 0 Å². The van der Waals surface area contributed by atoms with E-state index in [1.165, 1.54) is 0 Å². The number of aromatic nitrogens is 2. The third-order valence-electron chi connectivity index (χ3n) is 2.92. The third kappa shape index (κ3) is 2.26.